The van der Waals surface area contributed by atoms with Gasteiger partial charge >= 0.3 is 0 Å². The number of aryl methyl sites for hydroxylation is 1. The van der Waals surface area contributed by atoms with E-state index < -0.39 is 0 Å². The van der Waals surface area contributed by atoms with Crippen molar-refractivity contribution in [3.05, 3.63) is 45.8 Å². The highest BCUT2D eigenvalue weighted by Crippen LogP contribution is 2.44. The number of fused-ring (bicyclic) bond motifs is 1. The molecule has 1 aromatic carbocycles. The summed E-state index contributed by atoms with van der Waals surface area (Å²) in [6, 6.07) is 8.28. The van der Waals surface area contributed by atoms with Crippen LogP contribution in [-0.4, -0.2) is 35.8 Å². The first-order valence-corrected chi connectivity index (χ1v) is 13.5. The number of hydrogen-bond acceptors (Lipinski definition) is 4. The average Bonchev–Trinajstić information content (AvgIpc) is 3.11. The zero-order valence-electron chi connectivity index (χ0n) is 21.3. The zero-order valence-corrected chi connectivity index (χ0v) is 22.1. The van der Waals surface area contributed by atoms with Crippen molar-refractivity contribution in [3.63, 3.8) is 0 Å². The lowest BCUT2D eigenvalue weighted by Gasteiger charge is -2.33. The molecule has 1 saturated heterocycles. The van der Waals surface area contributed by atoms with Gasteiger partial charge in [-0.15, -0.1) is 11.3 Å². The summed E-state index contributed by atoms with van der Waals surface area (Å²) in [4.78, 5) is 30.1. The summed E-state index contributed by atoms with van der Waals surface area (Å²) in [5.41, 5.74) is 3.89. The average molecular weight is 482 g/mol. The molecule has 0 bridgehead atoms. The standard InChI is InChI=1S/C28H39N3O2S/c1-18-9-8-11-21(15-18)29-26(33)25-22-13-12-20(28(3,4)5)16-23(22)34-27(25)30-24(32)17-31-14-7-6-10-19(31)2/h8-9,11,15,19-20H,6-7,10,12-14,16-17H2,1-5H3,(H,29,33)(H,30,32)/t19-,20-/m0/s1. The van der Waals surface area contributed by atoms with Gasteiger partial charge in [0.25, 0.3) is 5.91 Å². The van der Waals surface area contributed by atoms with Gasteiger partial charge < -0.3 is 10.6 Å². The molecular weight excluding hydrogens is 442 g/mol. The van der Waals surface area contributed by atoms with Crippen molar-refractivity contribution in [2.75, 3.05) is 23.7 Å². The number of thiophene rings is 1. The molecule has 1 aromatic heterocycles. The number of hydrogen-bond donors (Lipinski definition) is 2. The van der Waals surface area contributed by atoms with E-state index in [0.717, 1.165) is 55.5 Å². The van der Waals surface area contributed by atoms with Crippen molar-refractivity contribution in [2.45, 2.75) is 79.2 Å². The number of piperidine rings is 1. The molecule has 4 rings (SSSR count). The topological polar surface area (TPSA) is 61.4 Å². The summed E-state index contributed by atoms with van der Waals surface area (Å²) < 4.78 is 0. The van der Waals surface area contributed by atoms with Crippen LogP contribution in [0.25, 0.3) is 0 Å². The van der Waals surface area contributed by atoms with E-state index in [1.807, 2.05) is 31.2 Å². The van der Waals surface area contributed by atoms with Crippen LogP contribution in [0.4, 0.5) is 10.7 Å². The summed E-state index contributed by atoms with van der Waals surface area (Å²) in [6.07, 6.45) is 6.42. The molecule has 0 spiro atoms. The number of nitrogens with one attached hydrogen (secondary N) is 2. The number of carbonyl (C=O) groups is 2. The van der Waals surface area contributed by atoms with Gasteiger partial charge in [0.15, 0.2) is 0 Å². The molecule has 5 nitrogen and oxygen atoms in total. The number of amides is 2. The van der Waals surface area contributed by atoms with Gasteiger partial charge in [0.2, 0.25) is 5.91 Å². The number of carbonyl (C=O) groups excluding carboxylic acids is 2. The van der Waals surface area contributed by atoms with Crippen molar-refractivity contribution in [1.29, 1.82) is 0 Å². The largest absolute Gasteiger partial charge is 0.322 e. The third-order valence-electron chi connectivity index (χ3n) is 7.53. The van der Waals surface area contributed by atoms with Gasteiger partial charge in [0.1, 0.15) is 5.00 Å². The number of rotatable bonds is 5. The fourth-order valence-corrected chi connectivity index (χ4v) is 6.65. The van der Waals surface area contributed by atoms with Gasteiger partial charge in [-0.25, -0.2) is 0 Å². The molecule has 1 fully saturated rings. The van der Waals surface area contributed by atoms with E-state index in [1.54, 1.807) is 11.3 Å². The van der Waals surface area contributed by atoms with E-state index in [9.17, 15) is 9.59 Å². The lowest BCUT2D eigenvalue weighted by atomic mass is 9.72. The Morgan fingerprint density at radius 1 is 1.15 bits per heavy atom. The fourth-order valence-electron chi connectivity index (χ4n) is 5.31. The molecule has 2 N–H and O–H groups in total. The van der Waals surface area contributed by atoms with Crippen LogP contribution in [0.5, 0.6) is 0 Å². The first-order chi connectivity index (χ1) is 16.1. The number of benzene rings is 1. The van der Waals surface area contributed by atoms with Crippen molar-refractivity contribution < 1.29 is 9.59 Å². The Bertz CT molecular complexity index is 1050. The van der Waals surface area contributed by atoms with Crippen LogP contribution in [0.3, 0.4) is 0 Å². The molecule has 6 heteroatoms. The third-order valence-corrected chi connectivity index (χ3v) is 8.70. The maximum absolute atomic E-state index is 13.5. The molecule has 2 aromatic rings. The molecule has 184 valence electrons. The quantitative estimate of drug-likeness (QED) is 0.529. The minimum atomic E-state index is -0.126. The molecular formula is C28H39N3O2S. The van der Waals surface area contributed by atoms with Crippen LogP contribution in [0.15, 0.2) is 24.3 Å². The molecule has 1 aliphatic carbocycles. The monoisotopic (exact) mass is 481 g/mol. The molecule has 1 aliphatic heterocycles. The predicted octanol–water partition coefficient (Wildman–Crippen LogP) is 6.27. The highest BCUT2D eigenvalue weighted by Gasteiger charge is 2.34. The van der Waals surface area contributed by atoms with Crippen molar-refractivity contribution in [1.82, 2.24) is 4.90 Å². The Balaban J connectivity index is 1.59. The van der Waals surface area contributed by atoms with Gasteiger partial charge in [-0.2, -0.15) is 0 Å². The van der Waals surface area contributed by atoms with Crippen LogP contribution in [0, 0.1) is 18.3 Å². The second kappa shape index (κ2) is 10.2. The first kappa shape index (κ1) is 24.9. The molecule has 2 aliphatic rings. The van der Waals surface area contributed by atoms with E-state index in [1.165, 1.54) is 11.3 Å². The van der Waals surface area contributed by atoms with E-state index in [2.05, 4.69) is 43.2 Å². The van der Waals surface area contributed by atoms with Gasteiger partial charge in [0.05, 0.1) is 12.1 Å². The van der Waals surface area contributed by atoms with Crippen LogP contribution >= 0.6 is 11.3 Å². The maximum atomic E-state index is 13.5. The van der Waals surface area contributed by atoms with Crippen LogP contribution in [-0.2, 0) is 17.6 Å². The van der Waals surface area contributed by atoms with Crippen LogP contribution in [0.2, 0.25) is 0 Å². The SMILES string of the molecule is Cc1cccc(NC(=O)c2c(NC(=O)CN3CCCC[C@@H]3C)sc3c2CC[C@H](C(C)(C)C)C3)c1. The summed E-state index contributed by atoms with van der Waals surface area (Å²) in [5.74, 6) is 0.423. The summed E-state index contributed by atoms with van der Waals surface area (Å²) in [5, 5.41) is 6.94. The Morgan fingerprint density at radius 2 is 1.94 bits per heavy atom. The second-order valence-corrected chi connectivity index (χ2v) is 12.3. The first-order valence-electron chi connectivity index (χ1n) is 12.7. The summed E-state index contributed by atoms with van der Waals surface area (Å²) >= 11 is 1.60. The summed E-state index contributed by atoms with van der Waals surface area (Å²) in [6.45, 7) is 12.4. The Kier molecular flexibility index (Phi) is 7.48. The maximum Gasteiger partial charge on any atom is 0.258 e. The number of likely N-dealkylation sites (tertiary alicyclic amines) is 1. The van der Waals surface area contributed by atoms with E-state index >= 15 is 0 Å². The molecule has 0 radical (unpaired) electrons. The van der Waals surface area contributed by atoms with Crippen molar-refractivity contribution in [3.8, 4) is 0 Å². The van der Waals surface area contributed by atoms with Crippen molar-refractivity contribution >= 4 is 33.8 Å². The summed E-state index contributed by atoms with van der Waals surface area (Å²) in [7, 11) is 0. The Hall–Kier alpha value is -2.18. The molecule has 34 heavy (non-hydrogen) atoms. The second-order valence-electron chi connectivity index (χ2n) is 11.2. The Labute approximate surface area is 208 Å². The van der Waals surface area contributed by atoms with Gasteiger partial charge in [-0.3, -0.25) is 14.5 Å². The minimum absolute atomic E-state index is 0.0238. The van der Waals surface area contributed by atoms with Crippen molar-refractivity contribution in [2.24, 2.45) is 11.3 Å². The number of nitrogens with zero attached hydrogens (tertiary/aromatic N) is 1. The zero-order chi connectivity index (χ0) is 24.5. The lowest BCUT2D eigenvalue weighted by molar-refractivity contribution is -0.118. The van der Waals surface area contributed by atoms with Crippen LogP contribution < -0.4 is 10.6 Å². The normalized spacial score (nSPS) is 21.1. The molecule has 0 unspecified atom stereocenters. The molecule has 2 amide bonds. The minimum Gasteiger partial charge on any atom is -0.322 e. The van der Waals surface area contributed by atoms with Gasteiger partial charge in [-0.1, -0.05) is 39.3 Å². The van der Waals surface area contributed by atoms with E-state index in [4.69, 9.17) is 0 Å². The predicted molar refractivity (Wildman–Crippen MR) is 142 cm³/mol. The fraction of sp³-hybridized carbons (Fsp3) is 0.571. The van der Waals surface area contributed by atoms with E-state index in [-0.39, 0.29) is 17.2 Å². The molecule has 2 atom stereocenters. The molecule has 2 heterocycles. The third kappa shape index (κ3) is 5.72. The van der Waals surface area contributed by atoms with E-state index in [0.29, 0.717) is 29.1 Å². The smallest absolute Gasteiger partial charge is 0.258 e. The Morgan fingerprint density at radius 3 is 2.65 bits per heavy atom. The highest BCUT2D eigenvalue weighted by molar-refractivity contribution is 7.17. The highest BCUT2D eigenvalue weighted by atomic mass is 32.1. The van der Waals surface area contributed by atoms with Gasteiger partial charge in [-0.05, 0) is 87.1 Å². The van der Waals surface area contributed by atoms with Gasteiger partial charge in [0, 0.05) is 16.6 Å². The molecule has 0 saturated carbocycles. The number of anilines is 2. The van der Waals surface area contributed by atoms with Crippen LogP contribution in [0.1, 0.15) is 79.7 Å². The lowest BCUT2D eigenvalue weighted by Crippen LogP contribution is -2.42.